The molecule has 190 valence electrons. The van der Waals surface area contributed by atoms with Crippen LogP contribution in [0, 0.1) is 17.8 Å². The Labute approximate surface area is 207 Å². The summed E-state index contributed by atoms with van der Waals surface area (Å²) in [5, 5.41) is 0. The number of carbonyl (C=O) groups excluding carboxylic acids is 2. The number of H-pyrrole nitrogens is 1. The van der Waals surface area contributed by atoms with Crippen LogP contribution < -0.4 is 4.74 Å². The standard InChI is InChI=1S/C28H39N3O4/c1-28(2,3)35-27(33)31-13-5-6-17(16-31)8-11-22(32)20-10-12-23(34-4)25-24(20)29-26(30-25)21-15-18-7-9-19(21)14-18/h10,12,17-19,21H,5-9,11,13-16H2,1-4H3,(H,29,30). The number of piperidine rings is 1. The molecule has 2 saturated carbocycles. The number of ether oxygens (including phenoxy) is 2. The van der Waals surface area contributed by atoms with Gasteiger partial charge in [-0.3, -0.25) is 4.79 Å². The van der Waals surface area contributed by atoms with Crippen LogP contribution in [0.3, 0.4) is 0 Å². The van der Waals surface area contributed by atoms with Crippen molar-refractivity contribution in [3.8, 4) is 5.75 Å². The van der Waals surface area contributed by atoms with Gasteiger partial charge in [-0.25, -0.2) is 9.78 Å². The van der Waals surface area contributed by atoms with E-state index < -0.39 is 5.60 Å². The van der Waals surface area contributed by atoms with Gasteiger partial charge in [0.2, 0.25) is 0 Å². The second kappa shape index (κ2) is 9.47. The van der Waals surface area contributed by atoms with Crippen molar-refractivity contribution in [1.29, 1.82) is 0 Å². The van der Waals surface area contributed by atoms with Gasteiger partial charge in [0, 0.05) is 31.0 Å². The Balaban J connectivity index is 1.28. The maximum Gasteiger partial charge on any atom is 0.410 e. The molecule has 4 unspecified atom stereocenters. The molecule has 2 aromatic rings. The van der Waals surface area contributed by atoms with E-state index in [1.165, 1.54) is 25.7 Å². The zero-order valence-electron chi connectivity index (χ0n) is 21.6. The number of carbonyl (C=O) groups is 2. The molecule has 35 heavy (non-hydrogen) atoms. The van der Waals surface area contributed by atoms with Crippen LogP contribution >= 0.6 is 0 Å². The molecule has 1 aliphatic heterocycles. The lowest BCUT2D eigenvalue weighted by Crippen LogP contribution is -2.42. The molecule has 7 nitrogen and oxygen atoms in total. The first-order valence-electron chi connectivity index (χ1n) is 13.3. The summed E-state index contributed by atoms with van der Waals surface area (Å²) in [5.41, 5.74) is 1.75. The van der Waals surface area contributed by atoms with E-state index in [2.05, 4.69) is 4.98 Å². The Hall–Kier alpha value is -2.57. The second-order valence-electron chi connectivity index (χ2n) is 11.8. The average Bonchev–Trinajstić information content (AvgIpc) is 3.56. The second-order valence-corrected chi connectivity index (χ2v) is 11.8. The molecule has 4 atom stereocenters. The van der Waals surface area contributed by atoms with Crippen LogP contribution in [0.1, 0.15) is 94.2 Å². The molecule has 0 spiro atoms. The van der Waals surface area contributed by atoms with E-state index in [9.17, 15) is 9.59 Å². The number of rotatable bonds is 6. The van der Waals surface area contributed by atoms with Crippen LogP contribution in [-0.4, -0.2) is 52.5 Å². The maximum absolute atomic E-state index is 13.4. The summed E-state index contributed by atoms with van der Waals surface area (Å²) >= 11 is 0. The van der Waals surface area contributed by atoms with Gasteiger partial charge in [0.1, 0.15) is 28.2 Å². The summed E-state index contributed by atoms with van der Waals surface area (Å²) in [6.07, 6.45) is 8.07. The molecule has 2 aliphatic carbocycles. The molecular weight excluding hydrogens is 442 g/mol. The van der Waals surface area contributed by atoms with E-state index in [0.29, 0.717) is 36.3 Å². The first kappa shape index (κ1) is 24.1. The fourth-order valence-electron chi connectivity index (χ4n) is 6.50. The summed E-state index contributed by atoms with van der Waals surface area (Å²) in [7, 11) is 1.66. The predicted octanol–water partition coefficient (Wildman–Crippen LogP) is 6.09. The molecule has 3 fully saturated rings. The predicted molar refractivity (Wildman–Crippen MR) is 135 cm³/mol. The van der Waals surface area contributed by atoms with E-state index in [-0.39, 0.29) is 11.9 Å². The van der Waals surface area contributed by atoms with Gasteiger partial charge in [-0.2, -0.15) is 0 Å². The van der Waals surface area contributed by atoms with Crippen LogP contribution in [0.25, 0.3) is 11.0 Å². The Kier molecular flexibility index (Phi) is 6.53. The van der Waals surface area contributed by atoms with Crippen molar-refractivity contribution in [2.75, 3.05) is 20.2 Å². The van der Waals surface area contributed by atoms with Crippen molar-refractivity contribution < 1.29 is 19.1 Å². The number of benzene rings is 1. The number of aromatic amines is 1. The van der Waals surface area contributed by atoms with Gasteiger partial charge < -0.3 is 19.4 Å². The zero-order chi connectivity index (χ0) is 24.7. The minimum absolute atomic E-state index is 0.109. The van der Waals surface area contributed by atoms with E-state index in [0.717, 1.165) is 54.3 Å². The van der Waals surface area contributed by atoms with Gasteiger partial charge in [0.15, 0.2) is 5.78 Å². The largest absolute Gasteiger partial charge is 0.494 e. The quantitative estimate of drug-likeness (QED) is 0.505. The number of aromatic nitrogens is 2. The third-order valence-corrected chi connectivity index (χ3v) is 8.18. The van der Waals surface area contributed by atoms with Gasteiger partial charge in [0.25, 0.3) is 0 Å². The first-order valence-corrected chi connectivity index (χ1v) is 13.3. The highest BCUT2D eigenvalue weighted by Gasteiger charge is 2.41. The average molecular weight is 482 g/mol. The minimum Gasteiger partial charge on any atom is -0.494 e. The van der Waals surface area contributed by atoms with Crippen molar-refractivity contribution in [3.05, 3.63) is 23.5 Å². The lowest BCUT2D eigenvalue weighted by Gasteiger charge is -2.34. The normalized spacial score (nSPS) is 26.3. The third kappa shape index (κ3) is 5.05. The van der Waals surface area contributed by atoms with E-state index in [1.54, 1.807) is 12.0 Å². The zero-order valence-corrected chi connectivity index (χ0v) is 21.6. The van der Waals surface area contributed by atoms with E-state index in [4.69, 9.17) is 14.5 Å². The number of amides is 1. The van der Waals surface area contributed by atoms with Crippen LogP contribution in [0.15, 0.2) is 12.1 Å². The SMILES string of the molecule is COc1ccc(C(=O)CCC2CCCN(C(=O)OC(C)(C)C)C2)c2nc(C3CC4CCC3C4)[nH]c12. The molecule has 0 radical (unpaired) electrons. The lowest BCUT2D eigenvalue weighted by molar-refractivity contribution is 0.0162. The summed E-state index contributed by atoms with van der Waals surface area (Å²) in [6.45, 7) is 7.03. The molecule has 1 aromatic carbocycles. The lowest BCUT2D eigenvalue weighted by atomic mass is 9.88. The van der Waals surface area contributed by atoms with E-state index in [1.807, 2.05) is 32.9 Å². The number of hydrogen-bond acceptors (Lipinski definition) is 5. The number of imidazole rings is 1. The highest BCUT2D eigenvalue weighted by molar-refractivity contribution is 6.07. The minimum atomic E-state index is -0.500. The smallest absolute Gasteiger partial charge is 0.410 e. The highest BCUT2D eigenvalue weighted by atomic mass is 16.6. The van der Waals surface area contributed by atoms with Crippen LogP contribution in [0.4, 0.5) is 4.79 Å². The monoisotopic (exact) mass is 481 g/mol. The molecule has 7 heteroatoms. The highest BCUT2D eigenvalue weighted by Crippen LogP contribution is 2.52. The third-order valence-electron chi connectivity index (χ3n) is 8.18. The first-order chi connectivity index (χ1) is 16.7. The topological polar surface area (TPSA) is 84.5 Å². The number of Topliss-reactive ketones (excluding diaryl/α,β-unsaturated/α-hetero) is 1. The molecule has 2 heterocycles. The Morgan fingerprint density at radius 1 is 1.17 bits per heavy atom. The molecule has 1 amide bonds. The Bertz CT molecular complexity index is 1100. The molecule has 1 saturated heterocycles. The summed E-state index contributed by atoms with van der Waals surface area (Å²) in [6, 6.07) is 3.74. The number of methoxy groups -OCH3 is 1. The van der Waals surface area contributed by atoms with Crippen molar-refractivity contribution >= 4 is 22.9 Å². The maximum atomic E-state index is 13.4. The van der Waals surface area contributed by atoms with Gasteiger partial charge in [-0.1, -0.05) is 6.42 Å². The van der Waals surface area contributed by atoms with Crippen molar-refractivity contribution in [1.82, 2.24) is 14.9 Å². The molecule has 2 bridgehead atoms. The fraction of sp³-hybridized carbons (Fsp3) is 0.679. The van der Waals surface area contributed by atoms with Crippen LogP contribution in [0.5, 0.6) is 5.75 Å². The van der Waals surface area contributed by atoms with E-state index >= 15 is 0 Å². The fourth-order valence-corrected chi connectivity index (χ4v) is 6.50. The number of likely N-dealkylation sites (tertiary alicyclic amines) is 1. The van der Waals surface area contributed by atoms with Crippen LogP contribution in [0.2, 0.25) is 0 Å². The molecular formula is C28H39N3O4. The number of fused-ring (bicyclic) bond motifs is 3. The summed E-state index contributed by atoms with van der Waals surface area (Å²) in [4.78, 5) is 36.2. The molecule has 5 rings (SSSR count). The molecule has 1 aromatic heterocycles. The van der Waals surface area contributed by atoms with Crippen molar-refractivity contribution in [2.45, 2.75) is 83.7 Å². The van der Waals surface area contributed by atoms with Crippen LogP contribution in [-0.2, 0) is 4.74 Å². The summed E-state index contributed by atoms with van der Waals surface area (Å²) in [5.74, 6) is 4.18. The van der Waals surface area contributed by atoms with Gasteiger partial charge in [-0.15, -0.1) is 0 Å². The number of ketones is 1. The van der Waals surface area contributed by atoms with Crippen molar-refractivity contribution in [2.24, 2.45) is 17.8 Å². The number of nitrogens with one attached hydrogen (secondary N) is 1. The molecule has 3 aliphatic rings. The van der Waals surface area contributed by atoms with Gasteiger partial charge in [0.05, 0.1) is 7.11 Å². The van der Waals surface area contributed by atoms with Crippen molar-refractivity contribution in [3.63, 3.8) is 0 Å². The summed E-state index contributed by atoms with van der Waals surface area (Å²) < 4.78 is 11.1. The Morgan fingerprint density at radius 3 is 2.69 bits per heavy atom. The van der Waals surface area contributed by atoms with Gasteiger partial charge in [-0.05, 0) is 89.2 Å². The van der Waals surface area contributed by atoms with Gasteiger partial charge >= 0.3 is 6.09 Å². The Morgan fingerprint density at radius 2 is 2.00 bits per heavy atom. The molecule has 1 N–H and O–H groups in total. The number of hydrogen-bond donors (Lipinski definition) is 1. The number of nitrogens with zero attached hydrogens (tertiary/aromatic N) is 2.